The van der Waals surface area contributed by atoms with Crippen LogP contribution in [-0.2, 0) is 0 Å². The fourth-order valence-corrected chi connectivity index (χ4v) is 2.65. The van der Waals surface area contributed by atoms with E-state index >= 15 is 0 Å². The van der Waals surface area contributed by atoms with Crippen LogP contribution >= 0.6 is 0 Å². The van der Waals surface area contributed by atoms with Gasteiger partial charge in [0.15, 0.2) is 0 Å². The van der Waals surface area contributed by atoms with E-state index in [9.17, 15) is 0 Å². The Morgan fingerprint density at radius 1 is 0.632 bits per heavy atom. The summed E-state index contributed by atoms with van der Waals surface area (Å²) in [7, 11) is 0. The lowest BCUT2D eigenvalue weighted by atomic mass is 9.76. The molecule has 0 heterocycles. The van der Waals surface area contributed by atoms with Gasteiger partial charge in [0.05, 0.1) is 0 Å². The lowest BCUT2D eigenvalue weighted by molar-refractivity contribution is 0.180. The zero-order valence-electron chi connectivity index (χ0n) is 14.4. The molecule has 0 bridgehead atoms. The summed E-state index contributed by atoms with van der Waals surface area (Å²) in [6, 6.07) is 0. The molecule has 0 fully saturated rings. The first-order valence-electron chi connectivity index (χ1n) is 7.77. The number of rotatable bonds is 8. The summed E-state index contributed by atoms with van der Waals surface area (Å²) in [6.45, 7) is 19.2. The number of hydrogen-bond donors (Lipinski definition) is 3. The summed E-state index contributed by atoms with van der Waals surface area (Å²) in [6.07, 6.45) is 0. The van der Waals surface area contributed by atoms with Crippen molar-refractivity contribution in [1.29, 1.82) is 0 Å². The zero-order chi connectivity index (χ0) is 15.4. The molecule has 0 saturated carbocycles. The molecule has 116 valence electrons. The number of nitrogens with two attached hydrogens (primary N) is 2. The molecule has 0 rings (SSSR count). The highest BCUT2D eigenvalue weighted by molar-refractivity contribution is 4.96. The Morgan fingerprint density at radius 2 is 0.842 bits per heavy atom. The van der Waals surface area contributed by atoms with Gasteiger partial charge in [0.2, 0.25) is 0 Å². The van der Waals surface area contributed by atoms with E-state index in [0.717, 1.165) is 13.1 Å². The van der Waals surface area contributed by atoms with Crippen molar-refractivity contribution in [2.75, 3.05) is 13.1 Å². The van der Waals surface area contributed by atoms with Crippen LogP contribution in [0.3, 0.4) is 0 Å². The molecule has 0 atom stereocenters. The molecule has 0 unspecified atom stereocenters. The topological polar surface area (TPSA) is 64.1 Å². The second kappa shape index (κ2) is 7.05. The maximum absolute atomic E-state index is 6.56. The van der Waals surface area contributed by atoms with E-state index in [1.807, 2.05) is 0 Å². The van der Waals surface area contributed by atoms with E-state index in [1.54, 1.807) is 0 Å². The van der Waals surface area contributed by atoms with Gasteiger partial charge < -0.3 is 16.8 Å². The van der Waals surface area contributed by atoms with Crippen molar-refractivity contribution in [3.63, 3.8) is 0 Å². The van der Waals surface area contributed by atoms with Crippen molar-refractivity contribution >= 4 is 0 Å². The minimum atomic E-state index is -0.172. The van der Waals surface area contributed by atoms with E-state index in [4.69, 9.17) is 11.5 Å². The van der Waals surface area contributed by atoms with Gasteiger partial charge in [-0.25, -0.2) is 0 Å². The molecular weight excluding hydrogens is 234 g/mol. The Kier molecular flexibility index (Phi) is 7.01. The summed E-state index contributed by atoms with van der Waals surface area (Å²) < 4.78 is 0. The molecule has 5 N–H and O–H groups in total. The van der Waals surface area contributed by atoms with E-state index in [1.165, 1.54) is 0 Å². The second-order valence-electron chi connectivity index (χ2n) is 7.45. The van der Waals surface area contributed by atoms with E-state index in [0.29, 0.717) is 23.7 Å². The molecule has 0 saturated heterocycles. The highest BCUT2D eigenvalue weighted by Gasteiger charge is 2.35. The fraction of sp³-hybridized carbons (Fsp3) is 1.00. The summed E-state index contributed by atoms with van der Waals surface area (Å²) in [4.78, 5) is 0. The Balaban J connectivity index is 4.65. The van der Waals surface area contributed by atoms with Crippen molar-refractivity contribution in [1.82, 2.24) is 5.32 Å². The minimum Gasteiger partial charge on any atom is -0.324 e. The Labute approximate surface area is 120 Å². The predicted octanol–water partition coefficient (Wildman–Crippen LogP) is 2.60. The molecule has 19 heavy (non-hydrogen) atoms. The molecule has 0 aromatic rings. The van der Waals surface area contributed by atoms with Crippen LogP contribution in [-0.4, -0.2) is 24.2 Å². The van der Waals surface area contributed by atoms with Gasteiger partial charge in [-0.1, -0.05) is 55.4 Å². The molecule has 0 amide bonds. The van der Waals surface area contributed by atoms with Gasteiger partial charge in [-0.15, -0.1) is 0 Å². The van der Waals surface area contributed by atoms with Gasteiger partial charge in [0.1, 0.15) is 0 Å². The molecule has 0 spiro atoms. The molecule has 0 aliphatic rings. The fourth-order valence-electron chi connectivity index (χ4n) is 2.65. The van der Waals surface area contributed by atoms with Gasteiger partial charge in [-0.05, 0) is 23.7 Å². The highest BCUT2D eigenvalue weighted by atomic mass is 15.0. The van der Waals surface area contributed by atoms with Gasteiger partial charge in [-0.3, -0.25) is 0 Å². The van der Waals surface area contributed by atoms with Crippen molar-refractivity contribution in [2.24, 2.45) is 35.1 Å². The SMILES string of the molecule is CC(C)C(N)(CNCC(N)(C(C)C)C(C)C)C(C)C. The van der Waals surface area contributed by atoms with Crippen LogP contribution in [0.5, 0.6) is 0 Å². The van der Waals surface area contributed by atoms with Crippen LogP contribution < -0.4 is 16.8 Å². The largest absolute Gasteiger partial charge is 0.324 e. The molecule has 3 nitrogen and oxygen atoms in total. The van der Waals surface area contributed by atoms with Gasteiger partial charge in [0.25, 0.3) is 0 Å². The van der Waals surface area contributed by atoms with Gasteiger partial charge in [-0.2, -0.15) is 0 Å². The Bertz CT molecular complexity index is 215. The average Bonchev–Trinajstić information content (AvgIpc) is 2.27. The summed E-state index contributed by atoms with van der Waals surface area (Å²) >= 11 is 0. The van der Waals surface area contributed by atoms with Gasteiger partial charge in [0, 0.05) is 24.2 Å². The zero-order valence-corrected chi connectivity index (χ0v) is 14.4. The highest BCUT2D eigenvalue weighted by Crippen LogP contribution is 2.25. The van der Waals surface area contributed by atoms with Crippen molar-refractivity contribution in [2.45, 2.75) is 66.5 Å². The third-order valence-corrected chi connectivity index (χ3v) is 5.16. The second-order valence-corrected chi connectivity index (χ2v) is 7.45. The molecule has 0 aromatic carbocycles. The first-order valence-corrected chi connectivity index (χ1v) is 7.77. The lowest BCUT2D eigenvalue weighted by Crippen LogP contribution is -2.62. The molecule has 0 aliphatic carbocycles. The van der Waals surface area contributed by atoms with Crippen LogP contribution in [0.15, 0.2) is 0 Å². The van der Waals surface area contributed by atoms with Crippen molar-refractivity contribution in [3.8, 4) is 0 Å². The van der Waals surface area contributed by atoms with Crippen LogP contribution in [0, 0.1) is 23.7 Å². The lowest BCUT2D eigenvalue weighted by Gasteiger charge is -2.42. The first-order chi connectivity index (χ1) is 8.48. The maximum atomic E-state index is 6.56. The Hall–Kier alpha value is -0.120. The van der Waals surface area contributed by atoms with Crippen LogP contribution in [0.1, 0.15) is 55.4 Å². The van der Waals surface area contributed by atoms with Crippen molar-refractivity contribution < 1.29 is 0 Å². The predicted molar refractivity (Wildman–Crippen MR) is 86.1 cm³/mol. The maximum Gasteiger partial charge on any atom is 0.0327 e. The molecule has 0 radical (unpaired) electrons. The van der Waals surface area contributed by atoms with E-state index in [2.05, 4.69) is 60.7 Å². The van der Waals surface area contributed by atoms with Crippen LogP contribution in [0.25, 0.3) is 0 Å². The number of hydrogen-bond acceptors (Lipinski definition) is 3. The summed E-state index contributed by atoms with van der Waals surface area (Å²) in [5.41, 5.74) is 12.8. The Morgan fingerprint density at radius 3 is 1.00 bits per heavy atom. The van der Waals surface area contributed by atoms with E-state index in [-0.39, 0.29) is 11.1 Å². The standard InChI is InChI=1S/C16H37N3/c1-11(2)15(17,12(3)4)9-19-10-16(18,13(5)6)14(7)8/h11-14,19H,9-10,17-18H2,1-8H3. The van der Waals surface area contributed by atoms with Crippen LogP contribution in [0.4, 0.5) is 0 Å². The molecular formula is C16H37N3. The molecule has 0 aliphatic heterocycles. The van der Waals surface area contributed by atoms with Gasteiger partial charge >= 0.3 is 0 Å². The minimum absolute atomic E-state index is 0.172. The average molecular weight is 271 g/mol. The third kappa shape index (κ3) is 4.44. The molecule has 3 heteroatoms. The smallest absolute Gasteiger partial charge is 0.0327 e. The molecule has 0 aromatic heterocycles. The number of nitrogens with one attached hydrogen (secondary N) is 1. The normalized spacial score (nSPS) is 14.2. The first kappa shape index (κ1) is 18.9. The van der Waals surface area contributed by atoms with E-state index < -0.39 is 0 Å². The van der Waals surface area contributed by atoms with Crippen LogP contribution in [0.2, 0.25) is 0 Å². The quantitative estimate of drug-likeness (QED) is 0.636. The third-order valence-electron chi connectivity index (χ3n) is 5.16. The summed E-state index contributed by atoms with van der Waals surface area (Å²) in [5, 5.41) is 3.54. The summed E-state index contributed by atoms with van der Waals surface area (Å²) in [5.74, 6) is 1.80. The monoisotopic (exact) mass is 271 g/mol. The van der Waals surface area contributed by atoms with Crippen molar-refractivity contribution in [3.05, 3.63) is 0 Å².